The Morgan fingerprint density at radius 3 is 2.40 bits per heavy atom. The molecule has 0 aliphatic heterocycles. The molecule has 0 aliphatic rings. The third-order valence-electron chi connectivity index (χ3n) is 8.19. The Hall–Kier alpha value is -3.46. The summed E-state index contributed by atoms with van der Waals surface area (Å²) >= 11 is 0. The van der Waals surface area contributed by atoms with Crippen molar-refractivity contribution < 1.29 is 19.1 Å². The number of benzene rings is 3. The van der Waals surface area contributed by atoms with E-state index in [4.69, 9.17) is 4.43 Å². The first kappa shape index (κ1) is 33.0. The number of aromatic hydroxyl groups is 1. The van der Waals surface area contributed by atoms with E-state index in [1.807, 2.05) is 18.2 Å². The molecular formula is C34H47N3O4Si. The Kier molecular flexibility index (Phi) is 11.5. The first-order chi connectivity index (χ1) is 19.8. The molecule has 3 aromatic carbocycles. The van der Waals surface area contributed by atoms with Crippen molar-refractivity contribution in [1.29, 1.82) is 0 Å². The lowest BCUT2D eigenvalue weighted by Gasteiger charge is -2.39. The van der Waals surface area contributed by atoms with Gasteiger partial charge >= 0.3 is 0 Å². The monoisotopic (exact) mass is 589 g/mol. The molecule has 0 heterocycles. The van der Waals surface area contributed by atoms with Crippen LogP contribution in [0.3, 0.4) is 0 Å². The van der Waals surface area contributed by atoms with Gasteiger partial charge in [0.25, 0.3) is 0 Å². The molecule has 226 valence electrons. The van der Waals surface area contributed by atoms with E-state index in [1.165, 1.54) is 11.1 Å². The van der Waals surface area contributed by atoms with Gasteiger partial charge in [-0.2, -0.15) is 0 Å². The van der Waals surface area contributed by atoms with Crippen LogP contribution in [0.5, 0.6) is 5.75 Å². The van der Waals surface area contributed by atoms with Crippen molar-refractivity contribution in [2.45, 2.75) is 78.2 Å². The van der Waals surface area contributed by atoms with E-state index in [2.05, 4.69) is 94.0 Å². The Balaban J connectivity index is 1.59. The standard InChI is InChI=1S/C34H47N3O4Si/c1-24-11-12-28(17-25(24)2)21-36-33(40)19-27-10-8-9-26(18-27)15-16-35-22-32(41-42(6,7)34(3,4)5)29-13-14-31(39)30(20-29)37-23-38/h8-14,17-18,20,23,32,35,39H,15-16,19,21-22H2,1-7H3,(H,36,40)(H,37,38)/t32-/m0/s1. The molecule has 2 amide bonds. The number of rotatable bonds is 14. The van der Waals surface area contributed by atoms with Crippen LogP contribution in [0.4, 0.5) is 5.69 Å². The molecule has 42 heavy (non-hydrogen) atoms. The van der Waals surface area contributed by atoms with Crippen molar-refractivity contribution in [3.05, 3.63) is 94.0 Å². The fourth-order valence-electron chi connectivity index (χ4n) is 4.42. The lowest BCUT2D eigenvalue weighted by Crippen LogP contribution is -2.43. The molecule has 0 aliphatic carbocycles. The number of hydrogen-bond acceptors (Lipinski definition) is 5. The minimum atomic E-state index is -2.11. The average Bonchev–Trinajstić information content (AvgIpc) is 2.92. The van der Waals surface area contributed by atoms with Gasteiger partial charge in [-0.25, -0.2) is 0 Å². The molecule has 3 aromatic rings. The topological polar surface area (TPSA) is 99.7 Å². The quantitative estimate of drug-likeness (QED) is 0.0762. The van der Waals surface area contributed by atoms with Gasteiger partial charge in [-0.3, -0.25) is 9.59 Å². The van der Waals surface area contributed by atoms with E-state index in [9.17, 15) is 14.7 Å². The number of phenols is 1. The van der Waals surface area contributed by atoms with E-state index < -0.39 is 8.32 Å². The Bertz CT molecular complexity index is 1370. The van der Waals surface area contributed by atoms with E-state index in [-0.39, 0.29) is 22.8 Å². The van der Waals surface area contributed by atoms with Crippen molar-refractivity contribution in [1.82, 2.24) is 10.6 Å². The normalized spacial score (nSPS) is 12.5. The van der Waals surface area contributed by atoms with Crippen molar-refractivity contribution in [3.63, 3.8) is 0 Å². The maximum Gasteiger partial charge on any atom is 0.224 e. The zero-order valence-corrected chi connectivity index (χ0v) is 27.1. The number of phenolic OH excluding ortho intramolecular Hbond substituents is 1. The van der Waals surface area contributed by atoms with E-state index in [0.29, 0.717) is 31.6 Å². The Morgan fingerprint density at radius 2 is 1.71 bits per heavy atom. The van der Waals surface area contributed by atoms with Gasteiger partial charge in [-0.1, -0.05) is 69.3 Å². The maximum atomic E-state index is 12.6. The molecule has 8 heteroatoms. The molecule has 0 unspecified atom stereocenters. The summed E-state index contributed by atoms with van der Waals surface area (Å²) in [6.07, 6.45) is 1.46. The van der Waals surface area contributed by atoms with Gasteiger partial charge in [-0.15, -0.1) is 0 Å². The van der Waals surface area contributed by atoms with Crippen LogP contribution in [0, 0.1) is 13.8 Å². The second-order valence-electron chi connectivity index (χ2n) is 12.6. The van der Waals surface area contributed by atoms with Crippen molar-refractivity contribution >= 4 is 26.3 Å². The van der Waals surface area contributed by atoms with Crippen molar-refractivity contribution in [3.8, 4) is 5.75 Å². The summed E-state index contributed by atoms with van der Waals surface area (Å²) in [7, 11) is -2.11. The van der Waals surface area contributed by atoms with Crippen molar-refractivity contribution in [2.75, 3.05) is 18.4 Å². The fraction of sp³-hybridized carbons (Fsp3) is 0.412. The van der Waals surface area contributed by atoms with Crippen LogP contribution in [0.1, 0.15) is 60.3 Å². The molecule has 1 atom stereocenters. The molecule has 3 rings (SSSR count). The number of carbonyl (C=O) groups is 2. The molecule has 0 saturated carbocycles. The van der Waals surface area contributed by atoms with Gasteiger partial charge in [0.1, 0.15) is 5.75 Å². The predicted molar refractivity (Wildman–Crippen MR) is 173 cm³/mol. The lowest BCUT2D eigenvalue weighted by molar-refractivity contribution is -0.120. The lowest BCUT2D eigenvalue weighted by atomic mass is 10.0. The van der Waals surface area contributed by atoms with Gasteiger partial charge in [0, 0.05) is 13.1 Å². The molecule has 0 radical (unpaired) electrons. The first-order valence-electron chi connectivity index (χ1n) is 14.6. The molecule has 0 bridgehead atoms. The maximum absolute atomic E-state index is 12.6. The number of carbonyl (C=O) groups excluding carboxylic acids is 2. The highest BCUT2D eigenvalue weighted by Crippen LogP contribution is 2.40. The number of aryl methyl sites for hydroxylation is 2. The molecule has 4 N–H and O–H groups in total. The van der Waals surface area contributed by atoms with E-state index in [1.54, 1.807) is 12.1 Å². The highest BCUT2D eigenvalue weighted by molar-refractivity contribution is 6.74. The summed E-state index contributed by atoms with van der Waals surface area (Å²) in [5, 5.41) is 19.3. The van der Waals surface area contributed by atoms with Crippen LogP contribution in [0.15, 0.2) is 60.7 Å². The highest BCUT2D eigenvalue weighted by Gasteiger charge is 2.39. The SMILES string of the molecule is Cc1ccc(CNC(=O)Cc2cccc(CCNC[C@H](O[Si](C)(C)C(C)(C)C)c3ccc(O)c(NC=O)c3)c2)cc1C. The van der Waals surface area contributed by atoms with Crippen LogP contribution in [-0.4, -0.2) is 38.8 Å². The molecule has 0 fully saturated rings. The highest BCUT2D eigenvalue weighted by atomic mass is 28.4. The van der Waals surface area contributed by atoms with Crippen LogP contribution in [-0.2, 0) is 33.4 Å². The number of anilines is 1. The van der Waals surface area contributed by atoms with Crippen LogP contribution in [0.2, 0.25) is 18.1 Å². The van der Waals surface area contributed by atoms with Gasteiger partial charge in [-0.05, 0) is 90.5 Å². The van der Waals surface area contributed by atoms with Crippen LogP contribution in [0.25, 0.3) is 0 Å². The third kappa shape index (κ3) is 9.54. The number of nitrogens with one attached hydrogen (secondary N) is 3. The predicted octanol–water partition coefficient (Wildman–Crippen LogP) is 6.33. The molecule has 0 saturated heterocycles. The number of amides is 2. The smallest absolute Gasteiger partial charge is 0.224 e. The summed E-state index contributed by atoms with van der Waals surface area (Å²) in [6.45, 7) is 17.1. The van der Waals surface area contributed by atoms with Crippen LogP contribution >= 0.6 is 0 Å². The summed E-state index contributed by atoms with van der Waals surface area (Å²) < 4.78 is 6.78. The van der Waals surface area contributed by atoms with Crippen molar-refractivity contribution in [2.24, 2.45) is 0 Å². The third-order valence-corrected chi connectivity index (χ3v) is 12.7. The zero-order valence-electron chi connectivity index (χ0n) is 26.1. The fourth-order valence-corrected chi connectivity index (χ4v) is 5.70. The first-order valence-corrected chi connectivity index (χ1v) is 17.5. The van der Waals surface area contributed by atoms with Gasteiger partial charge < -0.3 is 25.5 Å². The minimum Gasteiger partial charge on any atom is -0.506 e. The Labute approximate surface area is 252 Å². The molecule has 0 spiro atoms. The largest absolute Gasteiger partial charge is 0.506 e. The summed E-state index contributed by atoms with van der Waals surface area (Å²) in [6, 6.07) is 19.6. The summed E-state index contributed by atoms with van der Waals surface area (Å²) in [4.78, 5) is 23.6. The molecular weight excluding hydrogens is 542 g/mol. The van der Waals surface area contributed by atoms with E-state index in [0.717, 1.165) is 35.2 Å². The van der Waals surface area contributed by atoms with E-state index >= 15 is 0 Å². The molecule has 0 aromatic heterocycles. The minimum absolute atomic E-state index is 0.00598. The van der Waals surface area contributed by atoms with Gasteiger partial charge in [0.05, 0.1) is 18.2 Å². The summed E-state index contributed by atoms with van der Waals surface area (Å²) in [5.74, 6) is 0.0233. The van der Waals surface area contributed by atoms with Gasteiger partial charge in [0.2, 0.25) is 12.3 Å². The van der Waals surface area contributed by atoms with Crippen LogP contribution < -0.4 is 16.0 Å². The molecule has 7 nitrogen and oxygen atoms in total. The average molecular weight is 590 g/mol. The van der Waals surface area contributed by atoms with Gasteiger partial charge in [0.15, 0.2) is 8.32 Å². The number of hydrogen-bond donors (Lipinski definition) is 4. The summed E-state index contributed by atoms with van der Waals surface area (Å²) in [5.41, 5.74) is 6.98. The second-order valence-corrected chi connectivity index (χ2v) is 17.3. The zero-order chi connectivity index (χ0) is 30.9. The Morgan fingerprint density at radius 1 is 0.976 bits per heavy atom. The second kappa shape index (κ2) is 14.6.